The quantitative estimate of drug-likeness (QED) is 0.571. The lowest BCUT2D eigenvalue weighted by Crippen LogP contribution is -2.29. The summed E-state index contributed by atoms with van der Waals surface area (Å²) in [5, 5.41) is 2.67. The SMILES string of the molecule is C[C@]1(CCNC(=O)OCc2ccccc2)O[C@H]1C(=O)OCc1ccccc1. The molecule has 1 aliphatic heterocycles. The van der Waals surface area contributed by atoms with Crippen LogP contribution in [0.2, 0.25) is 0 Å². The maximum atomic E-state index is 12.1. The van der Waals surface area contributed by atoms with Gasteiger partial charge in [0.25, 0.3) is 0 Å². The summed E-state index contributed by atoms with van der Waals surface area (Å²) in [5.74, 6) is -0.381. The van der Waals surface area contributed by atoms with Crippen LogP contribution in [0.15, 0.2) is 60.7 Å². The number of ether oxygens (including phenoxy) is 3. The van der Waals surface area contributed by atoms with E-state index < -0.39 is 17.8 Å². The number of carbonyl (C=O) groups is 2. The fourth-order valence-electron chi connectivity index (χ4n) is 2.71. The predicted octanol–water partition coefficient (Wildman–Crippen LogP) is 3.20. The first-order chi connectivity index (χ1) is 13.1. The fourth-order valence-corrected chi connectivity index (χ4v) is 2.71. The minimum Gasteiger partial charge on any atom is -0.459 e. The Balaban J connectivity index is 1.32. The van der Waals surface area contributed by atoms with Crippen LogP contribution in [0.3, 0.4) is 0 Å². The molecule has 27 heavy (non-hydrogen) atoms. The van der Waals surface area contributed by atoms with Crippen LogP contribution in [0.5, 0.6) is 0 Å². The highest BCUT2D eigenvalue weighted by atomic mass is 16.7. The van der Waals surface area contributed by atoms with Crippen molar-refractivity contribution < 1.29 is 23.8 Å². The molecule has 0 aromatic heterocycles. The van der Waals surface area contributed by atoms with Crippen molar-refractivity contribution >= 4 is 12.1 Å². The smallest absolute Gasteiger partial charge is 0.407 e. The van der Waals surface area contributed by atoms with Crippen LogP contribution in [0, 0.1) is 0 Å². The molecule has 1 saturated heterocycles. The highest BCUT2D eigenvalue weighted by Crippen LogP contribution is 2.39. The second kappa shape index (κ2) is 8.68. The molecule has 1 fully saturated rings. The highest BCUT2D eigenvalue weighted by Gasteiger charge is 2.57. The first-order valence-corrected chi connectivity index (χ1v) is 8.90. The van der Waals surface area contributed by atoms with Crippen LogP contribution in [-0.4, -0.2) is 30.3 Å². The number of hydrogen-bond acceptors (Lipinski definition) is 5. The van der Waals surface area contributed by atoms with Crippen LogP contribution < -0.4 is 5.32 Å². The van der Waals surface area contributed by atoms with Gasteiger partial charge >= 0.3 is 12.1 Å². The zero-order valence-corrected chi connectivity index (χ0v) is 15.2. The Morgan fingerprint density at radius 3 is 2.11 bits per heavy atom. The van der Waals surface area contributed by atoms with Crippen LogP contribution in [0.4, 0.5) is 4.79 Å². The van der Waals surface area contributed by atoms with E-state index in [4.69, 9.17) is 14.2 Å². The standard InChI is InChI=1S/C21H23NO5/c1-21(12-13-22-20(24)26-15-17-10-6-3-7-11-17)18(27-21)19(23)25-14-16-8-4-2-5-9-16/h2-11,18H,12-15H2,1H3,(H,22,24)/t18-,21+/m0/s1. The van der Waals surface area contributed by atoms with E-state index in [1.165, 1.54) is 0 Å². The van der Waals surface area contributed by atoms with Crippen LogP contribution in [0.1, 0.15) is 24.5 Å². The number of esters is 1. The van der Waals surface area contributed by atoms with Gasteiger partial charge in [-0.05, 0) is 24.5 Å². The molecule has 2 atom stereocenters. The summed E-state index contributed by atoms with van der Waals surface area (Å²) in [6, 6.07) is 18.9. The second-order valence-electron chi connectivity index (χ2n) is 6.64. The summed E-state index contributed by atoms with van der Waals surface area (Å²) in [4.78, 5) is 23.8. The number of hydrogen-bond donors (Lipinski definition) is 1. The van der Waals surface area contributed by atoms with Gasteiger partial charge in [-0.3, -0.25) is 0 Å². The molecule has 1 heterocycles. The van der Waals surface area contributed by atoms with E-state index in [1.807, 2.05) is 67.6 Å². The number of alkyl carbamates (subject to hydrolysis) is 1. The van der Waals surface area contributed by atoms with E-state index in [0.29, 0.717) is 13.0 Å². The van der Waals surface area contributed by atoms with Gasteiger partial charge in [0.1, 0.15) is 18.8 Å². The Bertz CT molecular complexity index is 765. The zero-order chi connectivity index (χ0) is 19.1. The van der Waals surface area contributed by atoms with E-state index in [9.17, 15) is 9.59 Å². The second-order valence-corrected chi connectivity index (χ2v) is 6.64. The molecule has 142 valence electrons. The van der Waals surface area contributed by atoms with Crippen molar-refractivity contribution in [2.24, 2.45) is 0 Å². The monoisotopic (exact) mass is 369 g/mol. The average molecular weight is 369 g/mol. The van der Waals surface area contributed by atoms with Crippen molar-refractivity contribution in [3.05, 3.63) is 71.8 Å². The van der Waals surface area contributed by atoms with Gasteiger partial charge in [0, 0.05) is 6.54 Å². The lowest BCUT2D eigenvalue weighted by atomic mass is 10.0. The third-order valence-electron chi connectivity index (χ3n) is 4.43. The van der Waals surface area contributed by atoms with Gasteiger partial charge in [-0.25, -0.2) is 9.59 Å². The van der Waals surface area contributed by atoms with Gasteiger partial charge in [-0.15, -0.1) is 0 Å². The van der Waals surface area contributed by atoms with Gasteiger partial charge in [0.05, 0.1) is 0 Å². The lowest BCUT2D eigenvalue weighted by Gasteiger charge is -2.09. The lowest BCUT2D eigenvalue weighted by molar-refractivity contribution is -0.146. The molecule has 0 unspecified atom stereocenters. The van der Waals surface area contributed by atoms with E-state index in [2.05, 4.69) is 5.32 Å². The third kappa shape index (κ3) is 5.56. The van der Waals surface area contributed by atoms with Crippen molar-refractivity contribution in [2.45, 2.75) is 38.3 Å². The van der Waals surface area contributed by atoms with Crippen molar-refractivity contribution in [3.8, 4) is 0 Å². The van der Waals surface area contributed by atoms with Crippen molar-refractivity contribution in [2.75, 3.05) is 6.54 Å². The van der Waals surface area contributed by atoms with Crippen LogP contribution >= 0.6 is 0 Å². The molecule has 0 spiro atoms. The van der Waals surface area contributed by atoms with Gasteiger partial charge in [-0.1, -0.05) is 60.7 Å². The molecule has 0 aliphatic carbocycles. The summed E-state index contributed by atoms with van der Waals surface area (Å²) in [7, 11) is 0. The fraction of sp³-hybridized carbons (Fsp3) is 0.333. The molecule has 1 amide bonds. The molecule has 1 N–H and O–H groups in total. The number of rotatable bonds is 8. The molecule has 2 aromatic carbocycles. The number of benzene rings is 2. The molecule has 6 nitrogen and oxygen atoms in total. The maximum Gasteiger partial charge on any atom is 0.407 e. The molecule has 6 heteroatoms. The first-order valence-electron chi connectivity index (χ1n) is 8.90. The summed E-state index contributed by atoms with van der Waals surface area (Å²) < 4.78 is 15.9. The minimum atomic E-state index is -0.611. The molecule has 1 aliphatic rings. The molecule has 0 saturated carbocycles. The number of epoxide rings is 1. The van der Waals surface area contributed by atoms with Crippen LogP contribution in [-0.2, 0) is 32.2 Å². The Morgan fingerprint density at radius 2 is 1.52 bits per heavy atom. The Kier molecular flexibility index (Phi) is 6.08. The maximum absolute atomic E-state index is 12.1. The van der Waals surface area contributed by atoms with E-state index in [-0.39, 0.29) is 19.2 Å². The van der Waals surface area contributed by atoms with Crippen LogP contribution in [0.25, 0.3) is 0 Å². The number of amides is 1. The largest absolute Gasteiger partial charge is 0.459 e. The Labute approximate surface area is 158 Å². The first kappa shape index (κ1) is 18.9. The molecule has 3 rings (SSSR count). The Morgan fingerprint density at radius 1 is 0.963 bits per heavy atom. The topological polar surface area (TPSA) is 77.2 Å². The number of nitrogens with one attached hydrogen (secondary N) is 1. The van der Waals surface area contributed by atoms with E-state index >= 15 is 0 Å². The van der Waals surface area contributed by atoms with Gasteiger partial charge in [-0.2, -0.15) is 0 Å². The van der Waals surface area contributed by atoms with Gasteiger partial charge in [0.2, 0.25) is 0 Å². The summed E-state index contributed by atoms with van der Waals surface area (Å²) in [5.41, 5.74) is 1.24. The van der Waals surface area contributed by atoms with Crippen molar-refractivity contribution in [1.29, 1.82) is 0 Å². The van der Waals surface area contributed by atoms with Gasteiger partial charge < -0.3 is 19.5 Å². The molecular formula is C21H23NO5. The predicted molar refractivity (Wildman–Crippen MR) is 98.8 cm³/mol. The zero-order valence-electron chi connectivity index (χ0n) is 15.2. The Hall–Kier alpha value is -2.86. The summed E-state index contributed by atoms with van der Waals surface area (Å²) in [6.07, 6.45) is -0.590. The number of carbonyl (C=O) groups excluding carboxylic acids is 2. The highest BCUT2D eigenvalue weighted by molar-refractivity contribution is 5.79. The minimum absolute atomic E-state index is 0.217. The van der Waals surface area contributed by atoms with Crippen molar-refractivity contribution in [1.82, 2.24) is 5.32 Å². The molecular weight excluding hydrogens is 346 g/mol. The molecule has 2 aromatic rings. The normalized spacial score (nSPS) is 20.6. The van der Waals surface area contributed by atoms with Gasteiger partial charge in [0.15, 0.2) is 6.10 Å². The van der Waals surface area contributed by atoms with E-state index in [0.717, 1.165) is 11.1 Å². The van der Waals surface area contributed by atoms with Crippen molar-refractivity contribution in [3.63, 3.8) is 0 Å². The average Bonchev–Trinajstić information content (AvgIpc) is 3.37. The summed E-state index contributed by atoms with van der Waals surface area (Å²) >= 11 is 0. The summed E-state index contributed by atoms with van der Waals surface area (Å²) in [6.45, 7) is 2.62. The molecule has 0 radical (unpaired) electrons. The van der Waals surface area contributed by atoms with E-state index in [1.54, 1.807) is 0 Å². The third-order valence-corrected chi connectivity index (χ3v) is 4.43. The molecule has 0 bridgehead atoms.